The first kappa shape index (κ1) is 4.87. The molecule has 0 radical (unpaired) electrons. The normalized spacial score (nSPS) is 46.3. The van der Waals surface area contributed by atoms with E-state index < -0.39 is 10.3 Å². The van der Waals surface area contributed by atoms with Crippen LogP contribution in [0, 0.1) is 0 Å². The fourth-order valence-electron chi connectivity index (χ4n) is 0.327. The number of carbonyl (C=O) groups is 1. The van der Waals surface area contributed by atoms with Crippen molar-refractivity contribution in [2.45, 2.75) is 0 Å². The van der Waals surface area contributed by atoms with Crippen LogP contribution >= 0.6 is 10.3 Å². The summed E-state index contributed by atoms with van der Waals surface area (Å²) in [6.45, 7) is 0. The molecule has 1 aliphatic rings. The van der Waals surface area contributed by atoms with E-state index in [-0.39, 0.29) is 0 Å². The van der Waals surface area contributed by atoms with Gasteiger partial charge in [0.1, 0.15) is 0 Å². The zero-order valence-corrected chi connectivity index (χ0v) is 4.73. The maximum Gasteiger partial charge on any atom is 0.157 e. The fraction of sp³-hybridized carbons (Fsp3) is 0.250. The predicted molar refractivity (Wildman–Crippen MR) is 30.3 cm³/mol. The molecule has 0 saturated heterocycles. The predicted octanol–water partition coefficient (Wildman–Crippen LogP) is 0.948. The van der Waals surface area contributed by atoms with Crippen molar-refractivity contribution in [3.63, 3.8) is 0 Å². The second-order valence-corrected chi connectivity index (χ2v) is 4.16. The van der Waals surface area contributed by atoms with Crippen molar-refractivity contribution in [2.24, 2.45) is 0 Å². The van der Waals surface area contributed by atoms with E-state index in [2.05, 4.69) is 0 Å². The van der Waals surface area contributed by atoms with Crippen molar-refractivity contribution >= 4 is 16.6 Å². The van der Waals surface area contributed by atoms with E-state index in [4.69, 9.17) is 4.55 Å². The molecule has 0 fully saturated rings. The molecule has 3 heteroatoms. The van der Waals surface area contributed by atoms with Gasteiger partial charge in [0, 0.05) is 0 Å². The number of rotatable bonds is 1. The Morgan fingerprint density at radius 2 is 2.43 bits per heavy atom. The van der Waals surface area contributed by atoms with Crippen LogP contribution in [0.3, 0.4) is 0 Å². The number of allylic oxidation sites excluding steroid dienone is 1. The van der Waals surface area contributed by atoms with Crippen LogP contribution in [0.25, 0.3) is 0 Å². The Bertz CT molecular complexity index is 137. The quantitative estimate of drug-likeness (QED) is 0.520. The monoisotopic (exact) mass is 118 g/mol. The first-order valence-corrected chi connectivity index (χ1v) is 3.90. The lowest BCUT2D eigenvalue weighted by atomic mass is 10.7. The van der Waals surface area contributed by atoms with Crippen molar-refractivity contribution in [1.82, 2.24) is 0 Å². The molecule has 2 nitrogen and oxygen atoms in total. The first-order chi connectivity index (χ1) is 3.17. The van der Waals surface area contributed by atoms with Crippen LogP contribution in [0.5, 0.6) is 0 Å². The summed E-state index contributed by atoms with van der Waals surface area (Å²) in [6.07, 6.45) is 2.37. The lowest BCUT2D eigenvalue weighted by Crippen LogP contribution is -1.74. The Labute approximate surface area is 43.4 Å². The minimum absolute atomic E-state index is 0.576. The highest BCUT2D eigenvalue weighted by Crippen LogP contribution is 2.62. The summed E-state index contributed by atoms with van der Waals surface area (Å²) >= 11 is 0. The van der Waals surface area contributed by atoms with Gasteiger partial charge in [0.25, 0.3) is 0 Å². The molecule has 0 amide bonds. The van der Waals surface area contributed by atoms with E-state index in [0.717, 1.165) is 0 Å². The van der Waals surface area contributed by atoms with Gasteiger partial charge in [0.15, 0.2) is 6.29 Å². The van der Waals surface area contributed by atoms with Crippen LogP contribution < -0.4 is 0 Å². The van der Waals surface area contributed by atoms with Gasteiger partial charge in [0.05, 0.1) is 4.91 Å². The lowest BCUT2D eigenvalue weighted by Gasteiger charge is -2.01. The van der Waals surface area contributed by atoms with Gasteiger partial charge in [-0.25, -0.2) is 0 Å². The van der Waals surface area contributed by atoms with E-state index in [1.165, 1.54) is 0 Å². The number of hydrogen-bond acceptors (Lipinski definition) is 2. The third kappa shape index (κ3) is 0.689. The molecule has 1 N–H and O–H groups in total. The maximum absolute atomic E-state index is 9.78. The number of aldehydes is 1. The van der Waals surface area contributed by atoms with Crippen molar-refractivity contribution in [2.75, 3.05) is 6.26 Å². The molecule has 0 bridgehead atoms. The van der Waals surface area contributed by atoms with Crippen LogP contribution in [0.2, 0.25) is 0 Å². The Balaban J connectivity index is 2.55. The largest absolute Gasteiger partial charge is 0.343 e. The third-order valence-corrected chi connectivity index (χ3v) is 2.51. The second kappa shape index (κ2) is 1.11. The second-order valence-electron chi connectivity index (χ2n) is 1.58. The number of hydrogen-bond donors (Lipinski definition) is 1. The highest BCUT2D eigenvalue weighted by atomic mass is 32.3. The summed E-state index contributed by atoms with van der Waals surface area (Å²) in [6, 6.07) is 0. The first-order valence-electron chi connectivity index (χ1n) is 1.84. The van der Waals surface area contributed by atoms with E-state index >= 15 is 0 Å². The average Bonchev–Trinajstić information content (AvgIpc) is 2.13. The van der Waals surface area contributed by atoms with Crippen molar-refractivity contribution in [3.05, 3.63) is 10.3 Å². The van der Waals surface area contributed by atoms with Crippen molar-refractivity contribution < 1.29 is 9.35 Å². The molecule has 40 valence electrons. The third-order valence-electron chi connectivity index (χ3n) is 0.882. The summed E-state index contributed by atoms with van der Waals surface area (Å²) in [4.78, 5) is 10.4. The van der Waals surface area contributed by atoms with Crippen molar-refractivity contribution in [1.29, 1.82) is 0 Å². The zero-order chi connectivity index (χ0) is 5.49. The molecule has 1 atom stereocenters. The van der Waals surface area contributed by atoms with Gasteiger partial charge >= 0.3 is 0 Å². The SMILES string of the molecule is CS1(O)C=C1C=O. The topological polar surface area (TPSA) is 37.3 Å². The van der Waals surface area contributed by atoms with Crippen LogP contribution in [-0.2, 0) is 4.79 Å². The molecule has 1 rings (SSSR count). The van der Waals surface area contributed by atoms with E-state index in [1.54, 1.807) is 11.7 Å². The summed E-state index contributed by atoms with van der Waals surface area (Å²) in [5.74, 6) is 0. The van der Waals surface area contributed by atoms with Gasteiger partial charge in [0.2, 0.25) is 0 Å². The van der Waals surface area contributed by atoms with Gasteiger partial charge in [-0.1, -0.05) is 10.3 Å². The number of carbonyl (C=O) groups excluding carboxylic acids is 1. The Hall–Kier alpha value is -0.280. The molecule has 0 aromatic heterocycles. The fourth-order valence-corrected chi connectivity index (χ4v) is 1.40. The highest BCUT2D eigenvalue weighted by Gasteiger charge is 2.30. The molecule has 0 aromatic carbocycles. The van der Waals surface area contributed by atoms with E-state index in [0.29, 0.717) is 11.2 Å². The van der Waals surface area contributed by atoms with Gasteiger partial charge in [-0.2, -0.15) is 0 Å². The van der Waals surface area contributed by atoms with Gasteiger partial charge in [-0.15, -0.1) is 0 Å². The van der Waals surface area contributed by atoms with Crippen LogP contribution in [0.1, 0.15) is 0 Å². The Morgan fingerprint density at radius 1 is 2.00 bits per heavy atom. The lowest BCUT2D eigenvalue weighted by molar-refractivity contribution is -0.104. The van der Waals surface area contributed by atoms with Crippen LogP contribution in [0.15, 0.2) is 10.3 Å². The Kier molecular flexibility index (Phi) is 0.771. The van der Waals surface area contributed by atoms with Crippen LogP contribution in [0.4, 0.5) is 0 Å². The van der Waals surface area contributed by atoms with Gasteiger partial charge in [-0.3, -0.25) is 4.79 Å². The molecule has 0 aliphatic carbocycles. The molecule has 0 aromatic rings. The summed E-state index contributed by atoms with van der Waals surface area (Å²) in [5, 5.41) is 1.60. The van der Waals surface area contributed by atoms with E-state index in [1.807, 2.05) is 0 Å². The standard InChI is InChI=1S/C4H6O2S/c1-7(6)3-4(7)2-5/h2-3,6H,1H3. The minimum Gasteiger partial charge on any atom is -0.343 e. The molecule has 0 spiro atoms. The van der Waals surface area contributed by atoms with Gasteiger partial charge < -0.3 is 4.55 Å². The molecule has 1 heterocycles. The maximum atomic E-state index is 9.78. The highest BCUT2D eigenvalue weighted by molar-refractivity contribution is 8.40. The summed E-state index contributed by atoms with van der Waals surface area (Å²) in [5.41, 5.74) is 0. The summed E-state index contributed by atoms with van der Waals surface area (Å²) in [7, 11) is -1.58. The minimum atomic E-state index is -1.58. The zero-order valence-electron chi connectivity index (χ0n) is 3.92. The van der Waals surface area contributed by atoms with Gasteiger partial charge in [-0.05, 0) is 11.7 Å². The van der Waals surface area contributed by atoms with Crippen molar-refractivity contribution in [3.8, 4) is 0 Å². The molecular formula is C4H6O2S. The molecule has 1 unspecified atom stereocenters. The smallest absolute Gasteiger partial charge is 0.157 e. The summed E-state index contributed by atoms with van der Waals surface area (Å²) < 4.78 is 8.85. The Morgan fingerprint density at radius 3 is 2.43 bits per heavy atom. The molecule has 0 saturated carbocycles. The van der Waals surface area contributed by atoms with Crippen LogP contribution in [-0.4, -0.2) is 17.1 Å². The van der Waals surface area contributed by atoms with E-state index in [9.17, 15) is 4.79 Å². The average molecular weight is 118 g/mol. The molecule has 7 heavy (non-hydrogen) atoms. The molecule has 1 aliphatic heterocycles. The molecular weight excluding hydrogens is 112 g/mol.